The minimum absolute atomic E-state index is 0.102. The third-order valence-electron chi connectivity index (χ3n) is 1.93. The van der Waals surface area contributed by atoms with Gasteiger partial charge in [-0.3, -0.25) is 0 Å². The van der Waals surface area contributed by atoms with Gasteiger partial charge in [0.25, 0.3) is 0 Å². The highest BCUT2D eigenvalue weighted by Gasteiger charge is 2.17. The van der Waals surface area contributed by atoms with E-state index in [0.29, 0.717) is 12.0 Å². The lowest BCUT2D eigenvalue weighted by molar-refractivity contribution is 0.0697. The molecule has 0 fully saturated rings. The van der Waals surface area contributed by atoms with Gasteiger partial charge in [-0.05, 0) is 18.1 Å². The maximum Gasteiger partial charge on any atom is 0.337 e. The molecule has 1 rings (SSSR count). The standard InChI is InChI=1S/C9H9ClFNO2/c1-2-4-3-5(9(13)14)8(12)7(11)6(4)10/h3H,2,12H2,1H3,(H,13,14). The molecule has 76 valence electrons. The van der Waals surface area contributed by atoms with Crippen molar-refractivity contribution in [3.05, 3.63) is 28.0 Å². The molecule has 0 aliphatic heterocycles. The highest BCUT2D eigenvalue weighted by Crippen LogP contribution is 2.28. The second-order valence-corrected chi connectivity index (χ2v) is 3.16. The van der Waals surface area contributed by atoms with E-state index in [2.05, 4.69) is 0 Å². The van der Waals surface area contributed by atoms with E-state index in [-0.39, 0.29) is 10.6 Å². The number of carboxylic acid groups (broad SMARTS) is 1. The molecule has 14 heavy (non-hydrogen) atoms. The quantitative estimate of drug-likeness (QED) is 0.748. The van der Waals surface area contributed by atoms with Gasteiger partial charge in [-0.25, -0.2) is 9.18 Å². The van der Waals surface area contributed by atoms with E-state index < -0.39 is 17.5 Å². The number of nitrogen functional groups attached to an aromatic ring is 1. The summed E-state index contributed by atoms with van der Waals surface area (Å²) >= 11 is 5.63. The Morgan fingerprint density at radius 2 is 2.29 bits per heavy atom. The van der Waals surface area contributed by atoms with Crippen molar-refractivity contribution >= 4 is 23.3 Å². The van der Waals surface area contributed by atoms with Gasteiger partial charge < -0.3 is 10.8 Å². The number of aromatic carboxylic acids is 1. The van der Waals surface area contributed by atoms with Crippen molar-refractivity contribution in [2.75, 3.05) is 5.73 Å². The second-order valence-electron chi connectivity index (χ2n) is 2.78. The first-order chi connectivity index (χ1) is 6.49. The molecule has 5 heteroatoms. The third-order valence-corrected chi connectivity index (χ3v) is 2.34. The molecule has 0 heterocycles. The number of carboxylic acids is 1. The minimum atomic E-state index is -1.26. The normalized spacial score (nSPS) is 10.2. The number of hydrogen-bond donors (Lipinski definition) is 2. The first-order valence-electron chi connectivity index (χ1n) is 3.98. The van der Waals surface area contributed by atoms with Crippen molar-refractivity contribution in [3.8, 4) is 0 Å². The summed E-state index contributed by atoms with van der Waals surface area (Å²) in [4.78, 5) is 10.7. The minimum Gasteiger partial charge on any atom is -0.478 e. The number of aryl methyl sites for hydroxylation is 1. The Balaban J connectivity index is 3.48. The van der Waals surface area contributed by atoms with Crippen LogP contribution in [0.15, 0.2) is 6.07 Å². The SMILES string of the molecule is CCc1cc(C(=O)O)c(N)c(F)c1Cl. The Morgan fingerprint density at radius 3 is 2.71 bits per heavy atom. The molecule has 0 unspecified atom stereocenters. The average Bonchev–Trinajstić information content (AvgIpc) is 2.14. The van der Waals surface area contributed by atoms with Crippen LogP contribution in [0.25, 0.3) is 0 Å². The van der Waals surface area contributed by atoms with Crippen molar-refractivity contribution in [3.63, 3.8) is 0 Å². The average molecular weight is 218 g/mol. The van der Waals surface area contributed by atoms with E-state index in [0.717, 1.165) is 0 Å². The largest absolute Gasteiger partial charge is 0.478 e. The summed E-state index contributed by atoms with van der Waals surface area (Å²) in [6.07, 6.45) is 0.455. The van der Waals surface area contributed by atoms with Crippen molar-refractivity contribution in [1.29, 1.82) is 0 Å². The summed E-state index contributed by atoms with van der Waals surface area (Å²) in [5.41, 5.74) is 5.04. The molecule has 0 aliphatic carbocycles. The Kier molecular flexibility index (Phi) is 2.96. The number of rotatable bonds is 2. The van der Waals surface area contributed by atoms with Crippen LogP contribution in [0.2, 0.25) is 5.02 Å². The van der Waals surface area contributed by atoms with Crippen LogP contribution in [0.3, 0.4) is 0 Å². The summed E-state index contributed by atoms with van der Waals surface area (Å²) in [5.74, 6) is -2.11. The molecular formula is C9H9ClFNO2. The number of hydrogen-bond acceptors (Lipinski definition) is 2. The predicted molar refractivity (Wildman–Crippen MR) is 52.2 cm³/mol. The van der Waals surface area contributed by atoms with Crippen LogP contribution in [-0.2, 0) is 6.42 Å². The van der Waals surface area contributed by atoms with E-state index >= 15 is 0 Å². The van der Waals surface area contributed by atoms with Crippen molar-refractivity contribution in [1.82, 2.24) is 0 Å². The first-order valence-corrected chi connectivity index (χ1v) is 4.36. The highest BCUT2D eigenvalue weighted by molar-refractivity contribution is 6.32. The molecule has 0 saturated carbocycles. The highest BCUT2D eigenvalue weighted by atomic mass is 35.5. The molecule has 0 amide bonds. The zero-order chi connectivity index (χ0) is 10.9. The van der Waals surface area contributed by atoms with Crippen LogP contribution in [0.4, 0.5) is 10.1 Å². The second kappa shape index (κ2) is 3.84. The van der Waals surface area contributed by atoms with Gasteiger partial charge in [0.15, 0.2) is 5.82 Å². The lowest BCUT2D eigenvalue weighted by Crippen LogP contribution is -2.06. The molecule has 0 aromatic heterocycles. The molecule has 0 aliphatic rings. The summed E-state index contributed by atoms with van der Waals surface area (Å²) in [7, 11) is 0. The molecule has 1 aromatic rings. The lowest BCUT2D eigenvalue weighted by atomic mass is 10.1. The van der Waals surface area contributed by atoms with Crippen LogP contribution in [0, 0.1) is 5.82 Å². The molecule has 0 radical (unpaired) electrons. The van der Waals surface area contributed by atoms with Gasteiger partial charge in [0.05, 0.1) is 16.3 Å². The van der Waals surface area contributed by atoms with Gasteiger partial charge in [0.1, 0.15) is 0 Å². The Bertz CT molecular complexity index is 393. The van der Waals surface area contributed by atoms with Crippen molar-refractivity contribution in [2.24, 2.45) is 0 Å². The smallest absolute Gasteiger partial charge is 0.337 e. The van der Waals surface area contributed by atoms with E-state index in [9.17, 15) is 9.18 Å². The Morgan fingerprint density at radius 1 is 1.71 bits per heavy atom. The fourth-order valence-corrected chi connectivity index (χ4v) is 1.42. The number of benzene rings is 1. The van der Waals surface area contributed by atoms with Gasteiger partial charge in [0, 0.05) is 0 Å². The number of nitrogens with two attached hydrogens (primary N) is 1. The summed E-state index contributed by atoms with van der Waals surface area (Å²) < 4.78 is 13.3. The van der Waals surface area contributed by atoms with Crippen LogP contribution in [0.1, 0.15) is 22.8 Å². The van der Waals surface area contributed by atoms with Crippen LogP contribution in [-0.4, -0.2) is 11.1 Å². The molecule has 0 saturated heterocycles. The van der Waals surface area contributed by atoms with Gasteiger partial charge >= 0.3 is 5.97 Å². The van der Waals surface area contributed by atoms with Gasteiger partial charge in [-0.1, -0.05) is 18.5 Å². The van der Waals surface area contributed by atoms with Gasteiger partial charge in [-0.2, -0.15) is 0 Å². The van der Waals surface area contributed by atoms with Crippen molar-refractivity contribution < 1.29 is 14.3 Å². The van der Waals surface area contributed by atoms with E-state index in [1.165, 1.54) is 6.07 Å². The van der Waals surface area contributed by atoms with E-state index in [1.54, 1.807) is 6.92 Å². The monoisotopic (exact) mass is 217 g/mol. The zero-order valence-electron chi connectivity index (χ0n) is 7.47. The molecule has 3 N–H and O–H groups in total. The van der Waals surface area contributed by atoms with Crippen molar-refractivity contribution in [2.45, 2.75) is 13.3 Å². The third kappa shape index (κ3) is 1.65. The first kappa shape index (κ1) is 10.8. The van der Waals surface area contributed by atoms with Crippen LogP contribution < -0.4 is 5.73 Å². The Labute approximate surface area is 85.3 Å². The number of halogens is 2. The molecular weight excluding hydrogens is 209 g/mol. The topological polar surface area (TPSA) is 63.3 Å². The fraction of sp³-hybridized carbons (Fsp3) is 0.222. The van der Waals surface area contributed by atoms with E-state index in [1.807, 2.05) is 0 Å². The van der Waals surface area contributed by atoms with Crippen LogP contribution in [0.5, 0.6) is 0 Å². The predicted octanol–water partition coefficient (Wildman–Crippen LogP) is 2.32. The summed E-state index contributed by atoms with van der Waals surface area (Å²) in [5, 5.41) is 8.61. The maximum absolute atomic E-state index is 13.3. The summed E-state index contributed by atoms with van der Waals surface area (Å²) in [6.45, 7) is 1.75. The van der Waals surface area contributed by atoms with Gasteiger partial charge in [0.2, 0.25) is 0 Å². The fourth-order valence-electron chi connectivity index (χ4n) is 1.13. The lowest BCUT2D eigenvalue weighted by Gasteiger charge is -2.08. The molecule has 0 atom stereocenters. The summed E-state index contributed by atoms with van der Waals surface area (Å²) in [6, 6.07) is 1.29. The van der Waals surface area contributed by atoms with Crippen LogP contribution >= 0.6 is 11.6 Å². The van der Waals surface area contributed by atoms with Gasteiger partial charge in [-0.15, -0.1) is 0 Å². The molecule has 3 nitrogen and oxygen atoms in total. The number of anilines is 1. The zero-order valence-corrected chi connectivity index (χ0v) is 8.23. The van der Waals surface area contributed by atoms with E-state index in [4.69, 9.17) is 22.4 Å². The number of carbonyl (C=O) groups is 1. The molecule has 1 aromatic carbocycles. The Hall–Kier alpha value is -1.29. The molecule has 0 bridgehead atoms. The molecule has 0 spiro atoms. The maximum atomic E-state index is 13.3.